The lowest BCUT2D eigenvalue weighted by atomic mass is 9.70. The Morgan fingerprint density at radius 3 is 2.55 bits per heavy atom. The fraction of sp³-hybridized carbons (Fsp3) is 0.750. The molecular weight excluding hydrogens is 393 g/mol. The smallest absolute Gasteiger partial charge is 0.309 e. The van der Waals surface area contributed by atoms with Gasteiger partial charge in [0.1, 0.15) is 0 Å². The minimum atomic E-state index is -0.199. The molecular formula is C24H38BNO5. The summed E-state index contributed by atoms with van der Waals surface area (Å²) in [6.07, 6.45) is 4.76. The fourth-order valence-corrected chi connectivity index (χ4v) is 4.06. The highest BCUT2D eigenvalue weighted by Crippen LogP contribution is 2.37. The van der Waals surface area contributed by atoms with Crippen LogP contribution in [0.25, 0.3) is 0 Å². The zero-order valence-electron chi connectivity index (χ0n) is 19.9. The number of carbonyl (C=O) groups is 1. The third kappa shape index (κ3) is 7.41. The van der Waals surface area contributed by atoms with Gasteiger partial charge in [0.15, 0.2) is 5.75 Å². The highest BCUT2D eigenvalue weighted by atomic mass is 16.6. The van der Waals surface area contributed by atoms with Gasteiger partial charge >= 0.3 is 5.97 Å². The summed E-state index contributed by atoms with van der Waals surface area (Å²) in [7, 11) is 9.78. The van der Waals surface area contributed by atoms with Crippen LogP contribution in [0.3, 0.4) is 0 Å². The number of nitrogens with zero attached hydrogens (tertiary/aromatic N) is 1. The molecule has 2 rings (SSSR count). The minimum Gasteiger partial charge on any atom is -0.488 e. The number of ether oxygens (including phenoxy) is 4. The summed E-state index contributed by atoms with van der Waals surface area (Å²) in [5.74, 6) is 1.85. The molecule has 0 spiro atoms. The molecule has 7 heteroatoms. The number of pyridine rings is 1. The van der Waals surface area contributed by atoms with Crippen LogP contribution in [0.5, 0.6) is 11.6 Å². The van der Waals surface area contributed by atoms with E-state index in [1.54, 1.807) is 14.2 Å². The molecule has 0 N–H and O–H groups in total. The number of hydrogen-bond donors (Lipinski definition) is 0. The van der Waals surface area contributed by atoms with E-state index in [-0.39, 0.29) is 29.7 Å². The molecule has 172 valence electrons. The van der Waals surface area contributed by atoms with E-state index in [2.05, 4.69) is 32.7 Å². The van der Waals surface area contributed by atoms with E-state index in [1.165, 1.54) is 0 Å². The quantitative estimate of drug-likeness (QED) is 0.264. The summed E-state index contributed by atoms with van der Waals surface area (Å²) in [4.78, 5) is 16.6. The van der Waals surface area contributed by atoms with E-state index in [1.807, 2.05) is 12.3 Å². The van der Waals surface area contributed by atoms with Crippen molar-refractivity contribution in [3.8, 4) is 11.6 Å². The van der Waals surface area contributed by atoms with Crippen LogP contribution in [0, 0.1) is 23.7 Å². The molecule has 1 aliphatic heterocycles. The molecule has 1 aromatic rings. The van der Waals surface area contributed by atoms with E-state index in [9.17, 15) is 4.79 Å². The molecule has 0 saturated carbocycles. The summed E-state index contributed by atoms with van der Waals surface area (Å²) in [5.41, 5.74) is 1.08. The molecule has 1 aliphatic rings. The van der Waals surface area contributed by atoms with Crippen molar-refractivity contribution in [3.63, 3.8) is 0 Å². The lowest BCUT2D eigenvalue weighted by Gasteiger charge is -2.27. The first-order chi connectivity index (χ1) is 14.8. The van der Waals surface area contributed by atoms with Gasteiger partial charge in [0, 0.05) is 26.3 Å². The van der Waals surface area contributed by atoms with E-state index in [4.69, 9.17) is 26.8 Å². The van der Waals surface area contributed by atoms with Crippen LogP contribution in [0.4, 0.5) is 0 Å². The van der Waals surface area contributed by atoms with Crippen molar-refractivity contribution >= 4 is 13.8 Å². The molecule has 0 bridgehead atoms. The number of carbonyl (C=O) groups excluding carboxylic acids is 1. The molecule has 0 aromatic carbocycles. The van der Waals surface area contributed by atoms with Gasteiger partial charge in [0.2, 0.25) is 0 Å². The zero-order valence-corrected chi connectivity index (χ0v) is 19.9. The molecule has 1 aromatic heterocycles. The van der Waals surface area contributed by atoms with E-state index >= 15 is 0 Å². The first-order valence-corrected chi connectivity index (χ1v) is 11.4. The number of hydrogen-bond acceptors (Lipinski definition) is 6. The van der Waals surface area contributed by atoms with Crippen LogP contribution in [-0.2, 0) is 20.7 Å². The van der Waals surface area contributed by atoms with Crippen molar-refractivity contribution in [3.05, 3.63) is 17.8 Å². The highest BCUT2D eigenvalue weighted by Gasteiger charge is 2.39. The predicted molar refractivity (Wildman–Crippen MR) is 122 cm³/mol. The molecule has 4 atom stereocenters. The first kappa shape index (κ1) is 25.5. The summed E-state index contributed by atoms with van der Waals surface area (Å²) in [5, 5.41) is 0. The number of methoxy groups -OCH3 is 2. The van der Waals surface area contributed by atoms with Crippen molar-refractivity contribution in [1.29, 1.82) is 0 Å². The third-order valence-corrected chi connectivity index (χ3v) is 6.17. The van der Waals surface area contributed by atoms with Crippen LogP contribution in [0.1, 0.15) is 52.5 Å². The van der Waals surface area contributed by atoms with Crippen LogP contribution >= 0.6 is 0 Å². The monoisotopic (exact) mass is 431 g/mol. The molecule has 1 fully saturated rings. The number of esters is 1. The van der Waals surface area contributed by atoms with Crippen molar-refractivity contribution in [2.45, 2.75) is 65.3 Å². The Labute approximate surface area is 188 Å². The Hall–Kier alpha value is -1.76. The maximum absolute atomic E-state index is 12.1. The van der Waals surface area contributed by atoms with Crippen LogP contribution in [0.2, 0.25) is 5.82 Å². The Morgan fingerprint density at radius 2 is 1.97 bits per heavy atom. The molecule has 0 unspecified atom stereocenters. The number of cyclic esters (lactones) is 1. The lowest BCUT2D eigenvalue weighted by Crippen LogP contribution is -2.22. The van der Waals surface area contributed by atoms with Crippen molar-refractivity contribution in [2.24, 2.45) is 23.7 Å². The Kier molecular flexibility index (Phi) is 10.1. The maximum atomic E-state index is 12.1. The average Bonchev–Trinajstić information content (AvgIpc) is 3.13. The molecule has 1 saturated heterocycles. The van der Waals surface area contributed by atoms with Gasteiger partial charge in [-0.1, -0.05) is 34.1 Å². The van der Waals surface area contributed by atoms with E-state index < -0.39 is 0 Å². The number of rotatable bonds is 13. The summed E-state index contributed by atoms with van der Waals surface area (Å²) in [6, 6.07) is 2.00. The van der Waals surface area contributed by atoms with Gasteiger partial charge in [-0.05, 0) is 48.0 Å². The summed E-state index contributed by atoms with van der Waals surface area (Å²) >= 11 is 0. The SMILES string of the molecule is [B][C@H](C[C@H](Cc1cnc(OC)c(OCCCOC)c1)C(C)C)[C@@H]1C[C@@H](C(C)C)C(=O)O1. The average molecular weight is 431 g/mol. The summed E-state index contributed by atoms with van der Waals surface area (Å²) in [6.45, 7) is 9.71. The minimum absolute atomic E-state index is 0.0443. The zero-order chi connectivity index (χ0) is 23.0. The second-order valence-corrected chi connectivity index (χ2v) is 9.22. The van der Waals surface area contributed by atoms with E-state index in [0.29, 0.717) is 43.1 Å². The second-order valence-electron chi connectivity index (χ2n) is 9.22. The maximum Gasteiger partial charge on any atom is 0.309 e. The molecule has 0 amide bonds. The van der Waals surface area contributed by atoms with Gasteiger partial charge in [0.05, 0.1) is 33.6 Å². The van der Waals surface area contributed by atoms with Gasteiger partial charge in [-0.15, -0.1) is 0 Å². The lowest BCUT2D eigenvalue weighted by molar-refractivity contribution is -0.145. The van der Waals surface area contributed by atoms with Crippen LogP contribution in [-0.4, -0.2) is 52.3 Å². The topological polar surface area (TPSA) is 66.9 Å². The second kappa shape index (κ2) is 12.3. The first-order valence-electron chi connectivity index (χ1n) is 11.4. The van der Waals surface area contributed by atoms with Gasteiger partial charge in [0.25, 0.3) is 5.88 Å². The largest absolute Gasteiger partial charge is 0.488 e. The highest BCUT2D eigenvalue weighted by molar-refractivity contribution is 6.12. The standard InChI is InChI=1S/C24H38BNO5/c1-15(2)18(12-20(25)21-13-19(16(3)4)24(27)31-21)10-17-11-22(23(29-6)26-14-17)30-9-7-8-28-5/h11,14-16,18-21H,7-10,12-13H2,1-6H3/t18-,19-,20+,21-/m0/s1. The molecule has 0 aliphatic carbocycles. The van der Waals surface area contributed by atoms with Crippen LogP contribution < -0.4 is 9.47 Å². The van der Waals surface area contributed by atoms with Gasteiger partial charge in [-0.25, -0.2) is 4.98 Å². The van der Waals surface area contributed by atoms with Crippen molar-refractivity contribution in [1.82, 2.24) is 4.98 Å². The van der Waals surface area contributed by atoms with Gasteiger partial charge in [-0.2, -0.15) is 0 Å². The molecule has 31 heavy (non-hydrogen) atoms. The normalized spacial score (nSPS) is 20.7. The summed E-state index contributed by atoms with van der Waals surface area (Å²) < 4.78 is 21.9. The Bertz CT molecular complexity index is 697. The van der Waals surface area contributed by atoms with Crippen molar-refractivity contribution in [2.75, 3.05) is 27.4 Å². The van der Waals surface area contributed by atoms with Gasteiger partial charge in [-0.3, -0.25) is 4.79 Å². The number of aromatic nitrogens is 1. The van der Waals surface area contributed by atoms with Crippen molar-refractivity contribution < 1.29 is 23.7 Å². The molecule has 6 nitrogen and oxygen atoms in total. The predicted octanol–water partition coefficient (Wildman–Crippen LogP) is 4.26. The third-order valence-electron chi connectivity index (χ3n) is 6.17. The van der Waals surface area contributed by atoms with Gasteiger partial charge < -0.3 is 18.9 Å². The molecule has 2 radical (unpaired) electrons. The Morgan fingerprint density at radius 1 is 1.23 bits per heavy atom. The fourth-order valence-electron chi connectivity index (χ4n) is 4.06. The Balaban J connectivity index is 2.03. The van der Waals surface area contributed by atoms with E-state index in [0.717, 1.165) is 24.8 Å². The van der Waals surface area contributed by atoms with Crippen LogP contribution in [0.15, 0.2) is 12.3 Å². The molecule has 2 heterocycles.